The maximum absolute atomic E-state index is 16.6. The molecule has 0 saturated heterocycles. The summed E-state index contributed by atoms with van der Waals surface area (Å²) in [5.74, 6) is -0.288. The smallest absolute Gasteiger partial charge is 0.207 e. The number of nitrogens with zero attached hydrogens (tertiary/aromatic N) is 2. The topological polar surface area (TPSA) is 7.98 Å². The quantitative estimate of drug-likeness (QED) is 0.121. The van der Waals surface area contributed by atoms with E-state index < -0.39 is 10.8 Å². The molecule has 52 heavy (non-hydrogen) atoms. The van der Waals surface area contributed by atoms with Gasteiger partial charge in [-0.15, -0.1) is 0 Å². The van der Waals surface area contributed by atoms with Crippen LogP contribution in [0, 0.1) is 11.6 Å². The van der Waals surface area contributed by atoms with Crippen LogP contribution in [0.25, 0.3) is 49.1 Å². The van der Waals surface area contributed by atoms with Crippen molar-refractivity contribution in [1.82, 2.24) is 0 Å². The number of pyridine rings is 3. The van der Waals surface area contributed by atoms with Gasteiger partial charge in [0.05, 0.1) is 32.7 Å². The summed E-state index contributed by atoms with van der Waals surface area (Å²) in [4.78, 5) is 0. The van der Waals surface area contributed by atoms with E-state index in [1.807, 2.05) is 6.07 Å². The highest BCUT2D eigenvalue weighted by atomic mass is 19.1. The lowest BCUT2D eigenvalue weighted by atomic mass is 9.59. The molecule has 1 unspecified atom stereocenters. The normalized spacial score (nSPS) is 18.4. The molecule has 10 rings (SSSR count). The molecule has 2 aliphatic carbocycles. The fourth-order valence-corrected chi connectivity index (χ4v) is 11.3. The summed E-state index contributed by atoms with van der Waals surface area (Å²) in [5, 5.41) is 6.94. The Bertz CT molecular complexity index is 2730. The maximum Gasteiger partial charge on any atom is 0.227 e. The molecule has 0 N–H and O–H groups in total. The lowest BCUT2D eigenvalue weighted by molar-refractivity contribution is -0.714. The van der Waals surface area contributed by atoms with Gasteiger partial charge in [0.25, 0.3) is 0 Å². The Morgan fingerprint density at radius 2 is 1.42 bits per heavy atom. The van der Waals surface area contributed by atoms with Crippen LogP contribution in [-0.2, 0) is 22.7 Å². The molecule has 3 aromatic heterocycles. The van der Waals surface area contributed by atoms with Gasteiger partial charge in [0.2, 0.25) is 11.2 Å². The first kappa shape index (κ1) is 32.0. The zero-order valence-electron chi connectivity index (χ0n) is 31.3. The van der Waals surface area contributed by atoms with E-state index in [1.54, 1.807) is 12.1 Å². The molecule has 0 bridgehead atoms. The Hall–Kier alpha value is -4.70. The van der Waals surface area contributed by atoms with Gasteiger partial charge in [0.1, 0.15) is 11.6 Å². The van der Waals surface area contributed by atoms with Crippen LogP contribution in [-0.4, -0.2) is 0 Å². The zero-order valence-corrected chi connectivity index (χ0v) is 31.3. The van der Waals surface area contributed by atoms with Crippen LogP contribution in [0.15, 0.2) is 85.3 Å². The number of unbranched alkanes of at least 4 members (excludes halogenated alkanes) is 1. The van der Waals surface area contributed by atoms with Crippen molar-refractivity contribution in [3.8, 4) is 11.3 Å². The summed E-state index contributed by atoms with van der Waals surface area (Å²) in [5.41, 5.74) is 9.56. The third-order valence-corrected chi connectivity index (χ3v) is 13.8. The minimum Gasteiger partial charge on any atom is -0.207 e. The SMILES string of the molecule is CCCCc1cc2c3c4[n+](ccc3c1)C(c1c[n+]3ccc5cccc6c5c3c3c(c(F)ccc13)C6(C)C)C(CC)(CC)c1ccc(F)c(c1-4)C2(C)C. The lowest BCUT2D eigenvalue weighted by Crippen LogP contribution is -2.57. The number of aromatic nitrogens is 2. The highest BCUT2D eigenvalue weighted by Crippen LogP contribution is 2.59. The van der Waals surface area contributed by atoms with Crippen LogP contribution in [0.2, 0.25) is 0 Å². The third kappa shape index (κ3) is 3.69. The highest BCUT2D eigenvalue weighted by Gasteiger charge is 2.57. The average Bonchev–Trinajstić information content (AvgIpc) is 3.13. The number of rotatable bonds is 6. The Balaban J connectivity index is 1.39. The van der Waals surface area contributed by atoms with Crippen molar-refractivity contribution < 1.29 is 17.7 Å². The second-order valence-corrected chi connectivity index (χ2v) is 16.9. The molecule has 1 aliphatic heterocycles. The largest absolute Gasteiger partial charge is 0.227 e. The maximum atomic E-state index is 16.6. The summed E-state index contributed by atoms with van der Waals surface area (Å²) in [7, 11) is 0. The van der Waals surface area contributed by atoms with Crippen molar-refractivity contribution in [2.45, 2.75) is 103 Å². The predicted molar refractivity (Wildman–Crippen MR) is 207 cm³/mol. The van der Waals surface area contributed by atoms with Gasteiger partial charge in [-0.1, -0.05) is 97.4 Å². The lowest BCUT2D eigenvalue weighted by Gasteiger charge is -2.45. The number of benzene rings is 4. The summed E-state index contributed by atoms with van der Waals surface area (Å²) >= 11 is 0. The number of hydrogen-bond donors (Lipinski definition) is 0. The second-order valence-electron chi connectivity index (χ2n) is 16.9. The van der Waals surface area contributed by atoms with Gasteiger partial charge in [0, 0.05) is 39.5 Å². The van der Waals surface area contributed by atoms with E-state index in [4.69, 9.17) is 0 Å². The first-order valence-electron chi connectivity index (χ1n) is 19.4. The van der Waals surface area contributed by atoms with Crippen LogP contribution in [0.4, 0.5) is 8.78 Å². The fourth-order valence-electron chi connectivity index (χ4n) is 11.3. The first-order chi connectivity index (χ1) is 25.0. The summed E-state index contributed by atoms with van der Waals surface area (Å²) in [6.45, 7) is 15.6. The van der Waals surface area contributed by atoms with Crippen molar-refractivity contribution in [3.63, 3.8) is 0 Å². The fraction of sp³-hybridized carbons (Fsp3) is 0.333. The molecule has 3 aliphatic rings. The van der Waals surface area contributed by atoms with Crippen molar-refractivity contribution in [2.75, 3.05) is 0 Å². The van der Waals surface area contributed by atoms with Crippen LogP contribution in [0.1, 0.15) is 119 Å². The van der Waals surface area contributed by atoms with Crippen LogP contribution < -0.4 is 8.97 Å². The molecule has 2 nitrogen and oxygen atoms in total. The minimum atomic E-state index is -0.528. The van der Waals surface area contributed by atoms with E-state index in [1.165, 1.54) is 43.8 Å². The molecule has 260 valence electrons. The van der Waals surface area contributed by atoms with Crippen molar-refractivity contribution in [2.24, 2.45) is 0 Å². The second kappa shape index (κ2) is 10.5. The summed E-state index contributed by atoms with van der Waals surface area (Å²) < 4.78 is 37.8. The van der Waals surface area contributed by atoms with Crippen LogP contribution >= 0.6 is 0 Å². The van der Waals surface area contributed by atoms with E-state index in [-0.39, 0.29) is 23.1 Å². The summed E-state index contributed by atoms with van der Waals surface area (Å²) in [6.07, 6.45) is 11.8. The highest BCUT2D eigenvalue weighted by molar-refractivity contribution is 6.14. The van der Waals surface area contributed by atoms with E-state index in [0.29, 0.717) is 0 Å². The van der Waals surface area contributed by atoms with Gasteiger partial charge in [-0.2, -0.15) is 8.97 Å². The predicted octanol–water partition coefficient (Wildman–Crippen LogP) is 11.4. The molecule has 1 atom stereocenters. The van der Waals surface area contributed by atoms with Gasteiger partial charge in [0.15, 0.2) is 24.6 Å². The molecule has 0 radical (unpaired) electrons. The van der Waals surface area contributed by atoms with Crippen molar-refractivity contribution >= 4 is 37.8 Å². The molecule has 0 fully saturated rings. The van der Waals surface area contributed by atoms with Crippen molar-refractivity contribution in [1.29, 1.82) is 0 Å². The molecule has 7 aromatic rings. The van der Waals surface area contributed by atoms with Gasteiger partial charge in [-0.3, -0.25) is 0 Å². The number of aryl methyl sites for hydroxylation is 1. The molecule has 4 aromatic carbocycles. The van der Waals surface area contributed by atoms with E-state index in [0.717, 1.165) is 76.3 Å². The van der Waals surface area contributed by atoms with E-state index in [2.05, 4.69) is 125 Å². The van der Waals surface area contributed by atoms with Gasteiger partial charge < -0.3 is 0 Å². The zero-order chi connectivity index (χ0) is 36.1. The molecule has 0 saturated carbocycles. The number of halogens is 2. The molecular weight excluding hydrogens is 643 g/mol. The Kier molecular flexibility index (Phi) is 6.44. The molecule has 0 spiro atoms. The first-order valence-corrected chi connectivity index (χ1v) is 19.4. The number of hydrogen-bond acceptors (Lipinski definition) is 0. The molecule has 4 heteroatoms. The average molecular weight is 689 g/mol. The minimum absolute atomic E-state index is 0.118. The molecular formula is C48H46F2N2+2. The Morgan fingerprint density at radius 3 is 2.19 bits per heavy atom. The van der Waals surface area contributed by atoms with Gasteiger partial charge in [-0.25, -0.2) is 8.78 Å². The summed E-state index contributed by atoms with van der Waals surface area (Å²) in [6, 6.07) is 23.2. The molecule has 0 amide bonds. The van der Waals surface area contributed by atoms with Crippen LogP contribution in [0.5, 0.6) is 0 Å². The van der Waals surface area contributed by atoms with Gasteiger partial charge in [-0.05, 0) is 70.8 Å². The molecule has 4 heterocycles. The van der Waals surface area contributed by atoms with E-state index >= 15 is 8.78 Å². The monoisotopic (exact) mass is 688 g/mol. The third-order valence-electron chi connectivity index (χ3n) is 13.8. The Morgan fingerprint density at radius 1 is 0.692 bits per heavy atom. The Labute approximate surface area is 304 Å². The van der Waals surface area contributed by atoms with Gasteiger partial charge >= 0.3 is 0 Å². The van der Waals surface area contributed by atoms with Crippen molar-refractivity contribution in [3.05, 3.63) is 136 Å². The van der Waals surface area contributed by atoms with E-state index in [9.17, 15) is 0 Å². The standard InChI is InChI=1S/C48H46F2N2/c1-8-11-13-27-24-29-21-23-52-44-38(29)34(25-27)47(6,7)42-36(50)19-17-33(40(42)44)48(9-2,10-3)45(52)31-26-51-22-20-28-14-12-15-32-37(28)43(51)39-30(31)16-18-35(49)41(39)46(32,4)5/h12,14-26,45H,8-11,13H2,1-7H3/q+2. The van der Waals surface area contributed by atoms with Crippen LogP contribution in [0.3, 0.4) is 0 Å².